The largest absolute Gasteiger partial charge is 0.489 e. The van der Waals surface area contributed by atoms with Gasteiger partial charge in [-0.1, -0.05) is 42.8 Å². The average Bonchev–Trinajstić information content (AvgIpc) is 2.70. The number of Topliss-reactive ketones (excluding diaryl/α,β-unsaturated/α-hetero) is 1. The minimum atomic E-state index is -0.285. The lowest BCUT2D eigenvalue weighted by molar-refractivity contribution is -0.114. The summed E-state index contributed by atoms with van der Waals surface area (Å²) in [5.41, 5.74) is 3.64. The molecule has 1 atom stereocenters. The quantitative estimate of drug-likeness (QED) is 0.596. The van der Waals surface area contributed by atoms with E-state index in [2.05, 4.69) is 12.2 Å². The first-order chi connectivity index (χ1) is 13.9. The Hall–Kier alpha value is -2.37. The van der Waals surface area contributed by atoms with Gasteiger partial charge in [-0.3, -0.25) is 4.79 Å². The molecule has 0 amide bonds. The molecule has 1 unspecified atom stereocenters. The predicted molar refractivity (Wildman–Crippen MR) is 121 cm³/mol. The maximum absolute atomic E-state index is 12.5. The first kappa shape index (κ1) is 21.3. The molecule has 29 heavy (non-hydrogen) atoms. The SMILES string of the molecule is CCCN1C(=S)NC(c2cccc(OCc3ccc(Cl)cc3)c2)C(C(C)=O)=C1C. The van der Waals surface area contributed by atoms with Gasteiger partial charge in [0.15, 0.2) is 10.9 Å². The van der Waals surface area contributed by atoms with Crippen LogP contribution in [0.4, 0.5) is 0 Å². The normalized spacial score (nSPS) is 16.6. The summed E-state index contributed by atoms with van der Waals surface area (Å²) >= 11 is 11.5. The van der Waals surface area contributed by atoms with Gasteiger partial charge in [-0.2, -0.15) is 0 Å². The molecule has 0 fully saturated rings. The van der Waals surface area contributed by atoms with Crippen molar-refractivity contribution in [3.8, 4) is 5.75 Å². The van der Waals surface area contributed by atoms with Crippen molar-refractivity contribution >= 4 is 34.7 Å². The Kier molecular flexibility index (Phi) is 6.93. The van der Waals surface area contributed by atoms with Gasteiger partial charge in [-0.15, -0.1) is 0 Å². The molecule has 0 aromatic heterocycles. The molecule has 2 aromatic carbocycles. The zero-order valence-corrected chi connectivity index (χ0v) is 18.4. The molecule has 1 aliphatic rings. The van der Waals surface area contributed by atoms with E-state index in [9.17, 15) is 4.79 Å². The third-order valence-corrected chi connectivity index (χ3v) is 5.52. The van der Waals surface area contributed by atoms with Gasteiger partial charge in [0.05, 0.1) is 6.04 Å². The number of hydrogen-bond acceptors (Lipinski definition) is 3. The second kappa shape index (κ2) is 9.42. The molecule has 0 aliphatic carbocycles. The molecular formula is C23H25ClN2O2S. The standard InChI is InChI=1S/C23H25ClN2O2S/c1-4-12-26-15(2)21(16(3)27)22(25-23(26)29)18-6-5-7-20(13-18)28-14-17-8-10-19(24)11-9-17/h5-11,13,22H,4,12,14H2,1-3H3,(H,25,29). The Morgan fingerprint density at radius 3 is 2.62 bits per heavy atom. The van der Waals surface area contributed by atoms with E-state index >= 15 is 0 Å². The van der Waals surface area contributed by atoms with Crippen LogP contribution in [0, 0.1) is 0 Å². The summed E-state index contributed by atoms with van der Waals surface area (Å²) in [4.78, 5) is 14.5. The van der Waals surface area contributed by atoms with Crippen LogP contribution >= 0.6 is 23.8 Å². The molecule has 3 rings (SSSR count). The average molecular weight is 429 g/mol. The van der Waals surface area contributed by atoms with Gasteiger partial charge in [-0.05, 0) is 67.9 Å². The highest BCUT2D eigenvalue weighted by atomic mass is 35.5. The number of allylic oxidation sites excluding steroid dienone is 1. The molecule has 0 radical (unpaired) electrons. The lowest BCUT2D eigenvalue weighted by Crippen LogP contribution is -2.47. The van der Waals surface area contributed by atoms with Gasteiger partial charge in [0, 0.05) is 22.8 Å². The number of benzene rings is 2. The van der Waals surface area contributed by atoms with Crippen molar-refractivity contribution in [2.45, 2.75) is 39.8 Å². The lowest BCUT2D eigenvalue weighted by Gasteiger charge is -2.37. The number of nitrogens with zero attached hydrogens (tertiary/aromatic N) is 1. The monoisotopic (exact) mass is 428 g/mol. The second-order valence-electron chi connectivity index (χ2n) is 7.08. The molecule has 4 nitrogen and oxygen atoms in total. The van der Waals surface area contributed by atoms with Crippen molar-refractivity contribution in [3.63, 3.8) is 0 Å². The van der Waals surface area contributed by atoms with E-state index < -0.39 is 0 Å². The number of carbonyl (C=O) groups is 1. The van der Waals surface area contributed by atoms with Crippen molar-refractivity contribution in [1.29, 1.82) is 0 Å². The highest BCUT2D eigenvalue weighted by molar-refractivity contribution is 7.80. The van der Waals surface area contributed by atoms with Gasteiger partial charge in [-0.25, -0.2) is 0 Å². The number of carbonyl (C=O) groups excluding carboxylic acids is 1. The van der Waals surface area contributed by atoms with Gasteiger partial charge < -0.3 is 15.0 Å². The van der Waals surface area contributed by atoms with E-state index in [0.717, 1.165) is 41.1 Å². The number of halogens is 1. The fourth-order valence-electron chi connectivity index (χ4n) is 3.51. The van der Waals surface area contributed by atoms with E-state index in [-0.39, 0.29) is 11.8 Å². The maximum atomic E-state index is 12.5. The highest BCUT2D eigenvalue weighted by Gasteiger charge is 2.31. The van der Waals surface area contributed by atoms with Crippen LogP contribution in [0.2, 0.25) is 5.02 Å². The smallest absolute Gasteiger partial charge is 0.173 e. The lowest BCUT2D eigenvalue weighted by atomic mass is 9.92. The topological polar surface area (TPSA) is 41.6 Å². The van der Waals surface area contributed by atoms with Crippen molar-refractivity contribution in [3.05, 3.63) is 76.0 Å². The second-order valence-corrected chi connectivity index (χ2v) is 7.90. The van der Waals surface area contributed by atoms with E-state index in [1.807, 2.05) is 60.4 Å². The van der Waals surface area contributed by atoms with Crippen LogP contribution in [-0.4, -0.2) is 22.3 Å². The number of thiocarbonyl (C=S) groups is 1. The Morgan fingerprint density at radius 2 is 1.97 bits per heavy atom. The van der Waals surface area contributed by atoms with Crippen LogP contribution in [0.15, 0.2) is 59.8 Å². The summed E-state index contributed by atoms with van der Waals surface area (Å²) < 4.78 is 5.96. The van der Waals surface area contributed by atoms with Crippen LogP contribution in [0.1, 0.15) is 44.4 Å². The molecule has 0 saturated carbocycles. The summed E-state index contributed by atoms with van der Waals surface area (Å²) in [5, 5.41) is 4.69. The molecule has 1 N–H and O–H groups in total. The van der Waals surface area contributed by atoms with Gasteiger partial charge in [0.1, 0.15) is 12.4 Å². The fourth-order valence-corrected chi connectivity index (χ4v) is 3.98. The van der Waals surface area contributed by atoms with E-state index in [4.69, 9.17) is 28.6 Å². The molecule has 152 valence electrons. The molecule has 6 heteroatoms. The Labute approximate surface area is 182 Å². The summed E-state index contributed by atoms with van der Waals surface area (Å²) in [6, 6.07) is 15.1. The Balaban J connectivity index is 1.85. The number of nitrogens with one attached hydrogen (secondary N) is 1. The van der Waals surface area contributed by atoms with Crippen LogP contribution < -0.4 is 10.1 Å². The third kappa shape index (κ3) is 4.98. The molecule has 0 bridgehead atoms. The minimum absolute atomic E-state index is 0.0380. The molecule has 0 spiro atoms. The Bertz CT molecular complexity index is 940. The number of hydrogen-bond donors (Lipinski definition) is 1. The first-order valence-corrected chi connectivity index (χ1v) is 10.5. The fraction of sp³-hybridized carbons (Fsp3) is 0.304. The van der Waals surface area contributed by atoms with E-state index in [0.29, 0.717) is 16.7 Å². The number of rotatable bonds is 7. The molecule has 1 heterocycles. The van der Waals surface area contributed by atoms with Crippen molar-refractivity contribution in [1.82, 2.24) is 10.2 Å². The summed E-state index contributed by atoms with van der Waals surface area (Å²) in [7, 11) is 0. The number of ether oxygens (including phenoxy) is 1. The van der Waals surface area contributed by atoms with Crippen LogP contribution in [0.5, 0.6) is 5.75 Å². The van der Waals surface area contributed by atoms with Gasteiger partial charge >= 0.3 is 0 Å². The zero-order valence-electron chi connectivity index (χ0n) is 16.9. The molecule has 0 saturated heterocycles. The predicted octanol–water partition coefficient (Wildman–Crippen LogP) is 5.42. The van der Waals surface area contributed by atoms with Crippen molar-refractivity contribution < 1.29 is 9.53 Å². The summed E-state index contributed by atoms with van der Waals surface area (Å²) in [5.74, 6) is 0.776. The molecular weight excluding hydrogens is 404 g/mol. The zero-order chi connectivity index (χ0) is 21.0. The van der Waals surface area contributed by atoms with Crippen molar-refractivity contribution in [2.24, 2.45) is 0 Å². The number of ketones is 1. The minimum Gasteiger partial charge on any atom is -0.489 e. The first-order valence-electron chi connectivity index (χ1n) is 9.67. The summed E-state index contributed by atoms with van der Waals surface area (Å²) in [6.07, 6.45) is 0.947. The van der Waals surface area contributed by atoms with Crippen molar-refractivity contribution in [2.75, 3.05) is 6.54 Å². The van der Waals surface area contributed by atoms with E-state index in [1.54, 1.807) is 6.92 Å². The van der Waals surface area contributed by atoms with Crippen LogP contribution in [-0.2, 0) is 11.4 Å². The van der Waals surface area contributed by atoms with E-state index in [1.165, 1.54) is 0 Å². The third-order valence-electron chi connectivity index (χ3n) is 4.93. The molecule has 1 aliphatic heterocycles. The highest BCUT2D eigenvalue weighted by Crippen LogP contribution is 2.32. The van der Waals surface area contributed by atoms with Gasteiger partial charge in [0.25, 0.3) is 0 Å². The summed E-state index contributed by atoms with van der Waals surface area (Å²) in [6.45, 7) is 6.89. The maximum Gasteiger partial charge on any atom is 0.173 e. The van der Waals surface area contributed by atoms with Crippen LogP contribution in [0.25, 0.3) is 0 Å². The molecule has 2 aromatic rings. The van der Waals surface area contributed by atoms with Crippen LogP contribution in [0.3, 0.4) is 0 Å². The Morgan fingerprint density at radius 1 is 1.24 bits per heavy atom. The van der Waals surface area contributed by atoms with Gasteiger partial charge in [0.2, 0.25) is 0 Å².